The van der Waals surface area contributed by atoms with Gasteiger partial charge in [-0.2, -0.15) is 13.2 Å². The van der Waals surface area contributed by atoms with Gasteiger partial charge in [0.25, 0.3) is 0 Å². The molecule has 0 atom stereocenters. The van der Waals surface area contributed by atoms with Crippen molar-refractivity contribution in [3.05, 3.63) is 47.1 Å². The summed E-state index contributed by atoms with van der Waals surface area (Å²) < 4.78 is 37.3. The predicted molar refractivity (Wildman–Crippen MR) is 69.5 cm³/mol. The zero-order chi connectivity index (χ0) is 14.9. The molecule has 2 aromatic rings. The highest BCUT2D eigenvalue weighted by Crippen LogP contribution is 2.31. The summed E-state index contributed by atoms with van der Waals surface area (Å²) in [4.78, 5) is 3.93. The van der Waals surface area contributed by atoms with E-state index in [0.29, 0.717) is 5.56 Å². The lowest BCUT2D eigenvalue weighted by Gasteiger charge is -2.09. The van der Waals surface area contributed by atoms with Crippen molar-refractivity contribution in [2.24, 2.45) is 0 Å². The lowest BCUT2D eigenvalue weighted by atomic mass is 9.81. The summed E-state index contributed by atoms with van der Waals surface area (Å²) in [5.41, 5.74) is 0.0113. The van der Waals surface area contributed by atoms with Crippen LogP contribution in [0, 0.1) is 0 Å². The van der Waals surface area contributed by atoms with E-state index in [2.05, 4.69) is 4.98 Å². The van der Waals surface area contributed by atoms with Crippen molar-refractivity contribution in [2.45, 2.75) is 6.18 Å². The van der Waals surface area contributed by atoms with Crippen molar-refractivity contribution in [1.29, 1.82) is 0 Å². The van der Waals surface area contributed by atoms with Crippen molar-refractivity contribution in [1.82, 2.24) is 4.98 Å². The van der Waals surface area contributed by atoms with Gasteiger partial charge in [-0.3, -0.25) is 4.98 Å². The minimum atomic E-state index is -4.40. The molecule has 0 spiro atoms. The molecule has 0 saturated carbocycles. The van der Waals surface area contributed by atoms with Gasteiger partial charge in [-0.15, -0.1) is 0 Å². The van der Waals surface area contributed by atoms with Crippen LogP contribution in [0.25, 0.3) is 11.3 Å². The third-order valence-corrected chi connectivity index (χ3v) is 2.93. The number of nitrogens with zero attached hydrogens (tertiary/aromatic N) is 1. The van der Waals surface area contributed by atoms with E-state index in [1.165, 1.54) is 24.4 Å². The molecule has 0 radical (unpaired) electrons. The van der Waals surface area contributed by atoms with Gasteiger partial charge in [0.1, 0.15) is 0 Å². The first-order valence-corrected chi connectivity index (χ1v) is 5.86. The highest BCUT2D eigenvalue weighted by atomic mass is 35.5. The number of benzene rings is 1. The quantitative estimate of drug-likeness (QED) is 0.835. The first kappa shape index (κ1) is 14.8. The van der Waals surface area contributed by atoms with Gasteiger partial charge in [-0.25, -0.2) is 0 Å². The Morgan fingerprint density at radius 1 is 1.10 bits per heavy atom. The molecule has 0 aliphatic heterocycles. The number of halogens is 4. The van der Waals surface area contributed by atoms with Crippen LogP contribution in [-0.4, -0.2) is 22.2 Å². The molecule has 8 heteroatoms. The third kappa shape index (κ3) is 3.12. The Morgan fingerprint density at radius 2 is 1.70 bits per heavy atom. The van der Waals surface area contributed by atoms with E-state index in [0.717, 1.165) is 12.1 Å². The summed E-state index contributed by atoms with van der Waals surface area (Å²) in [6, 6.07) is 5.68. The van der Waals surface area contributed by atoms with Crippen molar-refractivity contribution in [2.75, 3.05) is 0 Å². The zero-order valence-electron chi connectivity index (χ0n) is 9.89. The van der Waals surface area contributed by atoms with Crippen LogP contribution in [0.2, 0.25) is 5.02 Å². The summed E-state index contributed by atoms with van der Waals surface area (Å²) in [5, 5.41) is 18.1. The number of alkyl halides is 3. The molecule has 0 fully saturated rings. The Balaban J connectivity index is 2.37. The smallest absolute Gasteiger partial charge is 0.423 e. The maximum Gasteiger partial charge on any atom is 0.490 e. The minimum Gasteiger partial charge on any atom is -0.423 e. The van der Waals surface area contributed by atoms with Crippen LogP contribution < -0.4 is 5.46 Å². The van der Waals surface area contributed by atoms with Crippen LogP contribution in [0.5, 0.6) is 0 Å². The fourth-order valence-corrected chi connectivity index (χ4v) is 1.91. The summed E-state index contributed by atoms with van der Waals surface area (Å²) in [7, 11) is -1.71. The van der Waals surface area contributed by atoms with Gasteiger partial charge in [0.05, 0.1) is 16.3 Å². The maximum absolute atomic E-state index is 12.4. The van der Waals surface area contributed by atoms with Crippen LogP contribution in [-0.2, 0) is 6.18 Å². The fourth-order valence-electron chi connectivity index (χ4n) is 1.62. The highest BCUT2D eigenvalue weighted by Gasteiger charge is 2.30. The van der Waals surface area contributed by atoms with Crippen molar-refractivity contribution < 1.29 is 23.2 Å². The van der Waals surface area contributed by atoms with E-state index in [4.69, 9.17) is 21.6 Å². The van der Waals surface area contributed by atoms with Gasteiger partial charge in [-0.1, -0.05) is 23.7 Å². The largest absolute Gasteiger partial charge is 0.490 e. The number of rotatable bonds is 2. The first-order chi connectivity index (χ1) is 9.29. The molecule has 1 aromatic carbocycles. The summed E-state index contributed by atoms with van der Waals surface area (Å²) in [6.45, 7) is 0. The Hall–Kier alpha value is -1.57. The molecule has 104 valence electrons. The molecule has 0 amide bonds. The minimum absolute atomic E-state index is 0.102. The molecular weight excluding hydrogens is 293 g/mol. The lowest BCUT2D eigenvalue weighted by molar-refractivity contribution is -0.137. The summed E-state index contributed by atoms with van der Waals surface area (Å²) in [6.07, 6.45) is -3.20. The number of pyridine rings is 1. The maximum atomic E-state index is 12.4. The van der Waals surface area contributed by atoms with Crippen LogP contribution in [0.15, 0.2) is 36.5 Å². The Kier molecular flexibility index (Phi) is 4.03. The second kappa shape index (κ2) is 5.44. The Labute approximate surface area is 117 Å². The first-order valence-electron chi connectivity index (χ1n) is 5.48. The monoisotopic (exact) mass is 301 g/mol. The van der Waals surface area contributed by atoms with Crippen LogP contribution >= 0.6 is 11.6 Å². The van der Waals surface area contributed by atoms with E-state index in [1.54, 1.807) is 0 Å². The van der Waals surface area contributed by atoms with Gasteiger partial charge in [0.2, 0.25) is 0 Å². The normalized spacial score (nSPS) is 11.5. The zero-order valence-corrected chi connectivity index (χ0v) is 10.7. The molecule has 0 aliphatic rings. The Bertz CT molecular complexity index is 617. The molecule has 0 unspecified atom stereocenters. The second-order valence-corrected chi connectivity index (χ2v) is 4.46. The molecule has 3 nitrogen and oxygen atoms in total. The second-order valence-electron chi connectivity index (χ2n) is 4.05. The van der Waals surface area contributed by atoms with E-state index < -0.39 is 18.9 Å². The average Bonchev–Trinajstić information content (AvgIpc) is 2.37. The molecule has 1 heterocycles. The molecule has 2 N–H and O–H groups in total. The summed E-state index contributed by atoms with van der Waals surface area (Å²) in [5.74, 6) is 0. The molecule has 0 bridgehead atoms. The van der Waals surface area contributed by atoms with E-state index in [9.17, 15) is 13.2 Å². The highest BCUT2D eigenvalue weighted by molar-refractivity contribution is 6.59. The number of aromatic nitrogens is 1. The number of hydrogen-bond donors (Lipinski definition) is 2. The fraction of sp³-hybridized carbons (Fsp3) is 0.0833. The molecule has 2 rings (SSSR count). The molecule has 0 saturated heterocycles. The van der Waals surface area contributed by atoms with Gasteiger partial charge in [0, 0.05) is 17.2 Å². The van der Waals surface area contributed by atoms with Crippen molar-refractivity contribution in [3.63, 3.8) is 0 Å². The Morgan fingerprint density at radius 3 is 2.15 bits per heavy atom. The molecule has 0 aliphatic carbocycles. The SMILES string of the molecule is OB(O)c1cnc(-c2ccc(C(F)(F)F)cc2)c(Cl)c1. The third-order valence-electron chi connectivity index (χ3n) is 2.65. The topological polar surface area (TPSA) is 53.4 Å². The molecule has 1 aromatic heterocycles. The van der Waals surface area contributed by atoms with Crippen LogP contribution in [0.3, 0.4) is 0 Å². The van der Waals surface area contributed by atoms with Gasteiger partial charge in [-0.05, 0) is 18.2 Å². The van der Waals surface area contributed by atoms with Crippen LogP contribution in [0.4, 0.5) is 13.2 Å². The van der Waals surface area contributed by atoms with E-state index in [-0.39, 0.29) is 16.2 Å². The molecule has 20 heavy (non-hydrogen) atoms. The van der Waals surface area contributed by atoms with E-state index in [1.807, 2.05) is 0 Å². The average molecular weight is 301 g/mol. The van der Waals surface area contributed by atoms with Crippen molar-refractivity contribution in [3.8, 4) is 11.3 Å². The predicted octanol–water partition coefficient (Wildman–Crippen LogP) is 2.10. The number of hydrogen-bond acceptors (Lipinski definition) is 3. The lowest BCUT2D eigenvalue weighted by Crippen LogP contribution is -2.30. The standard InChI is InChI=1S/C12H8BClF3NO2/c14-10-5-9(13(19)20)6-18-11(10)7-1-3-8(4-2-7)12(15,16)17/h1-6,19-20H. The van der Waals surface area contributed by atoms with E-state index >= 15 is 0 Å². The molecular formula is C12H8BClF3NO2. The summed E-state index contributed by atoms with van der Waals surface area (Å²) >= 11 is 5.93. The van der Waals surface area contributed by atoms with Gasteiger partial charge < -0.3 is 10.0 Å². The van der Waals surface area contributed by atoms with Crippen LogP contribution in [0.1, 0.15) is 5.56 Å². The van der Waals surface area contributed by atoms with Crippen molar-refractivity contribution >= 4 is 24.2 Å². The van der Waals surface area contributed by atoms with Gasteiger partial charge >= 0.3 is 13.3 Å². The van der Waals surface area contributed by atoms with Gasteiger partial charge in [0.15, 0.2) is 0 Å².